The summed E-state index contributed by atoms with van der Waals surface area (Å²) in [7, 11) is 0. The molecule has 0 saturated heterocycles. The number of amides is 2. The number of rotatable bonds is 6. The van der Waals surface area contributed by atoms with Crippen molar-refractivity contribution in [3.63, 3.8) is 0 Å². The number of hydrogen-bond donors (Lipinski definition) is 3. The Bertz CT molecular complexity index is 750. The molecule has 0 aliphatic carbocycles. The summed E-state index contributed by atoms with van der Waals surface area (Å²) in [6, 6.07) is 16.1. The highest BCUT2D eigenvalue weighted by Gasteiger charge is 2.06. The van der Waals surface area contributed by atoms with Crippen molar-refractivity contribution in [1.82, 2.24) is 5.32 Å². The van der Waals surface area contributed by atoms with Crippen molar-refractivity contribution in [3.05, 3.63) is 54.6 Å². The number of nitrogens with one attached hydrogen (secondary N) is 3. The minimum atomic E-state index is -0.275. The van der Waals surface area contributed by atoms with Gasteiger partial charge in [0.15, 0.2) is 11.7 Å². The Labute approximate surface area is 151 Å². The summed E-state index contributed by atoms with van der Waals surface area (Å²) in [5, 5.41) is 8.40. The molecule has 0 radical (unpaired) electrons. The fourth-order valence-electron chi connectivity index (χ4n) is 1.91. The van der Waals surface area contributed by atoms with Crippen molar-refractivity contribution in [1.29, 1.82) is 0 Å². The molecule has 25 heavy (non-hydrogen) atoms. The SMILES string of the molecule is CCC(=O)NC(=S)Nc1cccc(NC(=O)COc2ccccc2)c1. The van der Waals surface area contributed by atoms with Gasteiger partial charge in [-0.3, -0.25) is 9.59 Å². The molecule has 0 atom stereocenters. The molecule has 0 unspecified atom stereocenters. The monoisotopic (exact) mass is 357 g/mol. The van der Waals surface area contributed by atoms with E-state index in [0.717, 1.165) is 0 Å². The van der Waals surface area contributed by atoms with Crippen LogP contribution in [0.4, 0.5) is 11.4 Å². The first kappa shape index (κ1) is 18.4. The first-order chi connectivity index (χ1) is 12.1. The smallest absolute Gasteiger partial charge is 0.262 e. The molecule has 0 fully saturated rings. The molecular formula is C18H19N3O3S. The molecule has 2 amide bonds. The van der Waals surface area contributed by atoms with E-state index in [9.17, 15) is 9.59 Å². The third-order valence-corrected chi connectivity index (χ3v) is 3.30. The van der Waals surface area contributed by atoms with Crippen LogP contribution in [0.3, 0.4) is 0 Å². The first-order valence-electron chi connectivity index (χ1n) is 7.75. The van der Waals surface area contributed by atoms with Gasteiger partial charge in [0.05, 0.1) is 0 Å². The van der Waals surface area contributed by atoms with Crippen LogP contribution in [0.25, 0.3) is 0 Å². The van der Waals surface area contributed by atoms with Gasteiger partial charge >= 0.3 is 0 Å². The maximum Gasteiger partial charge on any atom is 0.262 e. The van der Waals surface area contributed by atoms with Crippen LogP contribution in [0.15, 0.2) is 54.6 Å². The Morgan fingerprint density at radius 3 is 2.32 bits per heavy atom. The third kappa shape index (κ3) is 6.60. The summed E-state index contributed by atoms with van der Waals surface area (Å²) < 4.78 is 5.39. The highest BCUT2D eigenvalue weighted by atomic mass is 32.1. The van der Waals surface area contributed by atoms with Gasteiger partial charge in [-0.2, -0.15) is 0 Å². The molecule has 0 aromatic heterocycles. The number of ether oxygens (including phenoxy) is 1. The molecule has 0 aliphatic rings. The van der Waals surface area contributed by atoms with Crippen LogP contribution in [0.2, 0.25) is 0 Å². The molecule has 3 N–H and O–H groups in total. The van der Waals surface area contributed by atoms with Gasteiger partial charge in [-0.15, -0.1) is 0 Å². The number of para-hydroxylation sites is 1. The second-order valence-electron chi connectivity index (χ2n) is 5.09. The van der Waals surface area contributed by atoms with E-state index >= 15 is 0 Å². The molecule has 2 aromatic rings. The molecule has 0 spiro atoms. The maximum atomic E-state index is 12.0. The van der Waals surface area contributed by atoms with E-state index < -0.39 is 0 Å². The van der Waals surface area contributed by atoms with Gasteiger partial charge in [0.1, 0.15) is 5.75 Å². The molecule has 6 nitrogen and oxygen atoms in total. The first-order valence-corrected chi connectivity index (χ1v) is 8.16. The predicted octanol–water partition coefficient (Wildman–Crippen LogP) is 2.93. The van der Waals surface area contributed by atoms with Crippen LogP contribution in [-0.2, 0) is 9.59 Å². The molecule has 2 aromatic carbocycles. The van der Waals surface area contributed by atoms with Crippen LogP contribution in [0, 0.1) is 0 Å². The molecule has 0 heterocycles. The predicted molar refractivity (Wildman–Crippen MR) is 102 cm³/mol. The van der Waals surface area contributed by atoms with Gasteiger partial charge < -0.3 is 20.7 Å². The van der Waals surface area contributed by atoms with Crippen molar-refractivity contribution in [2.45, 2.75) is 13.3 Å². The van der Waals surface area contributed by atoms with E-state index in [1.165, 1.54) is 0 Å². The molecule has 0 bridgehead atoms. The minimum Gasteiger partial charge on any atom is -0.484 e. The average molecular weight is 357 g/mol. The van der Waals surface area contributed by atoms with Gasteiger partial charge in [-0.25, -0.2) is 0 Å². The number of hydrogen-bond acceptors (Lipinski definition) is 4. The van der Waals surface area contributed by atoms with Gasteiger partial charge in [0.2, 0.25) is 5.91 Å². The molecule has 7 heteroatoms. The van der Waals surface area contributed by atoms with Crippen molar-refractivity contribution < 1.29 is 14.3 Å². The largest absolute Gasteiger partial charge is 0.484 e. The zero-order valence-corrected chi connectivity index (χ0v) is 14.6. The quantitative estimate of drug-likeness (QED) is 0.693. The Kier molecular flexibility index (Phi) is 6.91. The number of anilines is 2. The van der Waals surface area contributed by atoms with Crippen molar-refractivity contribution in [2.75, 3.05) is 17.2 Å². The highest BCUT2D eigenvalue weighted by molar-refractivity contribution is 7.80. The summed E-state index contributed by atoms with van der Waals surface area (Å²) >= 11 is 5.05. The molecule has 2 rings (SSSR count). The van der Waals surface area contributed by atoms with Crippen molar-refractivity contribution in [2.24, 2.45) is 0 Å². The average Bonchev–Trinajstić information content (AvgIpc) is 2.61. The molecule has 130 valence electrons. The van der Waals surface area contributed by atoms with Crippen LogP contribution < -0.4 is 20.7 Å². The van der Waals surface area contributed by atoms with Gasteiger partial charge in [0.25, 0.3) is 5.91 Å². The number of benzene rings is 2. The highest BCUT2D eigenvalue weighted by Crippen LogP contribution is 2.15. The van der Waals surface area contributed by atoms with Crippen LogP contribution in [0.5, 0.6) is 5.75 Å². The van der Waals surface area contributed by atoms with Crippen molar-refractivity contribution in [3.8, 4) is 5.75 Å². The normalized spacial score (nSPS) is 9.80. The van der Waals surface area contributed by atoms with Crippen LogP contribution in [0.1, 0.15) is 13.3 Å². The maximum absolute atomic E-state index is 12.0. The second-order valence-corrected chi connectivity index (χ2v) is 5.49. The third-order valence-electron chi connectivity index (χ3n) is 3.09. The van der Waals surface area contributed by atoms with E-state index in [2.05, 4.69) is 16.0 Å². The number of carbonyl (C=O) groups excluding carboxylic acids is 2. The lowest BCUT2D eigenvalue weighted by molar-refractivity contribution is -0.119. The second kappa shape index (κ2) is 9.39. The summed E-state index contributed by atoms with van der Waals surface area (Å²) in [4.78, 5) is 23.3. The fraction of sp³-hybridized carbons (Fsp3) is 0.167. The summed E-state index contributed by atoms with van der Waals surface area (Å²) in [5.41, 5.74) is 1.25. The van der Waals surface area contributed by atoms with E-state index in [-0.39, 0.29) is 23.5 Å². The van der Waals surface area contributed by atoms with Gasteiger partial charge in [-0.1, -0.05) is 31.2 Å². The molecular weight excluding hydrogens is 338 g/mol. The Hall–Kier alpha value is -2.93. The van der Waals surface area contributed by atoms with E-state index in [0.29, 0.717) is 23.5 Å². The fourth-order valence-corrected chi connectivity index (χ4v) is 2.15. The minimum absolute atomic E-state index is 0.0906. The standard InChI is InChI=1S/C18H19N3O3S/c1-2-16(22)21-18(25)20-14-8-6-7-13(11-14)19-17(23)12-24-15-9-4-3-5-10-15/h3-11H,2,12H2,1H3,(H,19,23)(H2,20,21,22,25). The van der Waals surface area contributed by atoms with Crippen molar-refractivity contribution >= 4 is 40.5 Å². The lowest BCUT2D eigenvalue weighted by atomic mass is 10.2. The van der Waals surface area contributed by atoms with E-state index in [1.807, 2.05) is 18.2 Å². The van der Waals surface area contributed by atoms with Gasteiger partial charge in [-0.05, 0) is 42.5 Å². The summed E-state index contributed by atoms with van der Waals surface area (Å²) in [6.07, 6.45) is 0.347. The number of thiocarbonyl (C=S) groups is 1. The van der Waals surface area contributed by atoms with E-state index in [1.54, 1.807) is 43.3 Å². The Morgan fingerprint density at radius 2 is 1.64 bits per heavy atom. The van der Waals surface area contributed by atoms with Crippen LogP contribution >= 0.6 is 12.2 Å². The summed E-state index contributed by atoms with van der Waals surface area (Å²) in [6.45, 7) is 1.65. The Morgan fingerprint density at radius 1 is 0.960 bits per heavy atom. The van der Waals surface area contributed by atoms with E-state index in [4.69, 9.17) is 17.0 Å². The topological polar surface area (TPSA) is 79.5 Å². The Balaban J connectivity index is 1.86. The van der Waals surface area contributed by atoms with Gasteiger partial charge in [0, 0.05) is 17.8 Å². The molecule has 0 saturated carbocycles. The zero-order chi connectivity index (χ0) is 18.1. The molecule has 0 aliphatic heterocycles. The number of carbonyl (C=O) groups is 2. The lowest BCUT2D eigenvalue weighted by Crippen LogP contribution is -2.33. The zero-order valence-electron chi connectivity index (χ0n) is 13.7. The lowest BCUT2D eigenvalue weighted by Gasteiger charge is -2.11. The summed E-state index contributed by atoms with van der Waals surface area (Å²) in [5.74, 6) is 0.188. The van der Waals surface area contributed by atoms with Crippen LogP contribution in [-0.4, -0.2) is 23.5 Å².